The number of nitrogens with two attached hydrogens (primary N) is 1. The van der Waals surface area contributed by atoms with Crippen molar-refractivity contribution in [3.05, 3.63) is 10.6 Å². The zero-order chi connectivity index (χ0) is 24.0. The van der Waals surface area contributed by atoms with Crippen LogP contribution in [0, 0.1) is 11.8 Å². The lowest BCUT2D eigenvalue weighted by Gasteiger charge is -2.46. The molecule has 0 radical (unpaired) electrons. The monoisotopic (exact) mass is 481 g/mol. The number of aliphatic hydroxyl groups is 1. The Labute approximate surface area is 196 Å². The minimum Gasteiger partial charge on any atom is -0.477 e. The molecule has 3 amide bonds. The number of carboxylic acid groups (broad SMARTS) is 1. The van der Waals surface area contributed by atoms with E-state index < -0.39 is 18.0 Å². The highest BCUT2D eigenvalue weighted by Crippen LogP contribution is 2.51. The molecule has 0 aromatic heterocycles. The van der Waals surface area contributed by atoms with E-state index in [4.69, 9.17) is 5.73 Å². The number of nitrogens with zero attached hydrogens (tertiary/aromatic N) is 2. The Morgan fingerprint density at radius 3 is 2.73 bits per heavy atom. The number of carbonyl (C=O) groups excluding carboxylic acids is 3. The SMILES string of the molecule is C[C@@H](O)[C@H]1C(=O)N2C(C(=O)O)=C(S[C@@H]3CN[C@H](C(=O)N4CC[C@H](NC(=O)CN)C4)C3)[C@H](C)[C@H]12. The highest BCUT2D eigenvalue weighted by atomic mass is 32.2. The second-order valence-corrected chi connectivity index (χ2v) is 10.6. The largest absolute Gasteiger partial charge is 0.477 e. The number of nitrogens with one attached hydrogen (secondary N) is 2. The van der Waals surface area contributed by atoms with Gasteiger partial charge in [0.1, 0.15) is 5.70 Å². The third-order valence-electron chi connectivity index (χ3n) is 7.04. The first kappa shape index (κ1) is 24.0. The van der Waals surface area contributed by atoms with Gasteiger partial charge in [-0.25, -0.2) is 4.79 Å². The van der Waals surface area contributed by atoms with Crippen molar-refractivity contribution in [1.29, 1.82) is 0 Å². The molecule has 0 bridgehead atoms. The van der Waals surface area contributed by atoms with Crippen LogP contribution >= 0.6 is 11.8 Å². The topological polar surface area (TPSA) is 165 Å². The fourth-order valence-electron chi connectivity index (χ4n) is 5.42. The molecule has 11 nitrogen and oxygen atoms in total. The second kappa shape index (κ2) is 9.24. The Hall–Kier alpha value is -2.15. The number of hydrogen-bond acceptors (Lipinski definition) is 8. The van der Waals surface area contributed by atoms with Crippen LogP contribution in [0.5, 0.6) is 0 Å². The number of β-lactam (4-membered cyclic amide) rings is 1. The second-order valence-electron chi connectivity index (χ2n) is 9.25. The summed E-state index contributed by atoms with van der Waals surface area (Å²) in [5, 5.41) is 25.8. The number of amides is 3. The number of hydrogen-bond donors (Lipinski definition) is 5. The van der Waals surface area contributed by atoms with Crippen molar-refractivity contribution in [1.82, 2.24) is 20.4 Å². The molecule has 3 saturated heterocycles. The van der Waals surface area contributed by atoms with E-state index in [1.807, 2.05) is 6.92 Å². The highest BCUT2D eigenvalue weighted by molar-refractivity contribution is 8.03. The van der Waals surface area contributed by atoms with E-state index in [0.717, 1.165) is 0 Å². The lowest BCUT2D eigenvalue weighted by atomic mass is 9.79. The molecule has 4 aliphatic heterocycles. The van der Waals surface area contributed by atoms with E-state index >= 15 is 0 Å². The normalized spacial score (nSPS) is 34.4. The Balaban J connectivity index is 1.38. The first-order valence-corrected chi connectivity index (χ1v) is 12.2. The Morgan fingerprint density at radius 1 is 1.36 bits per heavy atom. The fraction of sp³-hybridized carbons (Fsp3) is 0.714. The van der Waals surface area contributed by atoms with Crippen LogP contribution < -0.4 is 16.4 Å². The van der Waals surface area contributed by atoms with Crippen LogP contribution in [0.15, 0.2) is 10.6 Å². The van der Waals surface area contributed by atoms with Crippen LogP contribution in [-0.2, 0) is 19.2 Å². The van der Waals surface area contributed by atoms with Gasteiger partial charge in [-0.2, -0.15) is 0 Å². The fourth-order valence-corrected chi connectivity index (χ4v) is 6.90. The minimum atomic E-state index is -1.15. The van der Waals surface area contributed by atoms with Crippen LogP contribution in [0.4, 0.5) is 0 Å². The Bertz CT molecular complexity index is 894. The molecule has 3 fully saturated rings. The molecule has 0 aromatic carbocycles. The zero-order valence-corrected chi connectivity index (χ0v) is 19.5. The molecule has 0 aromatic rings. The van der Waals surface area contributed by atoms with Gasteiger partial charge in [0.2, 0.25) is 17.7 Å². The zero-order valence-electron chi connectivity index (χ0n) is 18.7. The quantitative estimate of drug-likeness (QED) is 0.266. The van der Waals surface area contributed by atoms with E-state index in [-0.39, 0.29) is 59.3 Å². The third kappa shape index (κ3) is 4.25. The van der Waals surface area contributed by atoms with Crippen LogP contribution in [-0.4, -0.2) is 99.4 Å². The van der Waals surface area contributed by atoms with Crippen molar-refractivity contribution < 1.29 is 29.4 Å². The van der Waals surface area contributed by atoms with E-state index in [2.05, 4.69) is 10.6 Å². The van der Waals surface area contributed by atoms with Crippen molar-refractivity contribution in [3.8, 4) is 0 Å². The van der Waals surface area contributed by atoms with Gasteiger partial charge in [0, 0.05) is 41.7 Å². The molecular weight excluding hydrogens is 450 g/mol. The summed E-state index contributed by atoms with van der Waals surface area (Å²) >= 11 is 1.42. The summed E-state index contributed by atoms with van der Waals surface area (Å²) in [5.74, 6) is -2.55. The maximum Gasteiger partial charge on any atom is 0.353 e. The molecule has 0 aliphatic carbocycles. The maximum absolute atomic E-state index is 13.0. The molecule has 12 heteroatoms. The van der Waals surface area contributed by atoms with Crippen molar-refractivity contribution in [2.24, 2.45) is 17.6 Å². The Kier molecular flexibility index (Phi) is 6.72. The van der Waals surface area contributed by atoms with E-state index in [1.165, 1.54) is 16.7 Å². The standard InChI is InChI=1S/C21H31N5O6S/c1-9-16-15(10(2)27)20(30)26(16)17(21(31)32)18(9)33-12-5-13(23-7-12)19(29)25-4-3-11(8-25)24-14(28)6-22/h9-13,15-16,23,27H,3-8,22H2,1-2H3,(H,24,28)(H,31,32)/t9-,10-,11+,12+,13+,15-,16-/m1/s1. The van der Waals surface area contributed by atoms with E-state index in [9.17, 15) is 29.4 Å². The molecular formula is C21H31N5O6S. The van der Waals surface area contributed by atoms with Crippen LogP contribution in [0.2, 0.25) is 0 Å². The summed E-state index contributed by atoms with van der Waals surface area (Å²) in [6.07, 6.45) is 0.390. The average Bonchev–Trinajstić information content (AvgIpc) is 3.46. The van der Waals surface area contributed by atoms with Crippen molar-refractivity contribution >= 4 is 35.5 Å². The number of fused-ring (bicyclic) bond motifs is 1. The predicted octanol–water partition coefficient (Wildman–Crippen LogP) is -1.72. The van der Waals surface area contributed by atoms with Gasteiger partial charge in [0.25, 0.3) is 0 Å². The number of aliphatic carboxylic acids is 1. The Morgan fingerprint density at radius 2 is 2.09 bits per heavy atom. The number of carbonyl (C=O) groups is 4. The summed E-state index contributed by atoms with van der Waals surface area (Å²) in [6.45, 7) is 4.93. The number of rotatable bonds is 7. The van der Waals surface area contributed by atoms with Gasteiger partial charge in [0.15, 0.2) is 0 Å². The van der Waals surface area contributed by atoms with Gasteiger partial charge in [-0.1, -0.05) is 6.92 Å². The lowest BCUT2D eigenvalue weighted by Crippen LogP contribution is -2.63. The van der Waals surface area contributed by atoms with Gasteiger partial charge in [0.05, 0.1) is 30.7 Å². The molecule has 33 heavy (non-hydrogen) atoms. The van der Waals surface area contributed by atoms with Crippen LogP contribution in [0.1, 0.15) is 26.7 Å². The third-order valence-corrected chi connectivity index (χ3v) is 8.56. The maximum atomic E-state index is 13.0. The molecule has 4 aliphatic rings. The summed E-state index contributed by atoms with van der Waals surface area (Å²) in [6, 6.07) is -0.813. The molecule has 6 N–H and O–H groups in total. The molecule has 4 rings (SSSR count). The molecule has 0 unspecified atom stereocenters. The van der Waals surface area contributed by atoms with Crippen molar-refractivity contribution in [2.45, 2.75) is 56.2 Å². The number of carboxylic acids is 1. The first-order valence-electron chi connectivity index (χ1n) is 11.3. The summed E-state index contributed by atoms with van der Waals surface area (Å²) in [4.78, 5) is 52.6. The average molecular weight is 482 g/mol. The first-order chi connectivity index (χ1) is 15.6. The molecule has 0 saturated carbocycles. The molecule has 4 heterocycles. The molecule has 0 spiro atoms. The molecule has 7 atom stereocenters. The van der Waals surface area contributed by atoms with E-state index in [0.29, 0.717) is 37.4 Å². The van der Waals surface area contributed by atoms with Gasteiger partial charge in [-0.3, -0.25) is 14.4 Å². The smallest absolute Gasteiger partial charge is 0.353 e. The van der Waals surface area contributed by atoms with Crippen LogP contribution in [0.3, 0.4) is 0 Å². The number of aliphatic hydroxyl groups excluding tert-OH is 1. The van der Waals surface area contributed by atoms with Crippen LogP contribution in [0.25, 0.3) is 0 Å². The van der Waals surface area contributed by atoms with Gasteiger partial charge in [-0.15, -0.1) is 11.8 Å². The number of likely N-dealkylation sites (tertiary alicyclic amines) is 1. The molecule has 182 valence electrons. The van der Waals surface area contributed by atoms with E-state index in [1.54, 1.807) is 11.8 Å². The number of thioether (sulfide) groups is 1. The summed E-state index contributed by atoms with van der Waals surface area (Å²) in [7, 11) is 0. The lowest BCUT2D eigenvalue weighted by molar-refractivity contribution is -0.163. The summed E-state index contributed by atoms with van der Waals surface area (Å²) in [5.41, 5.74) is 5.34. The van der Waals surface area contributed by atoms with Gasteiger partial charge >= 0.3 is 5.97 Å². The summed E-state index contributed by atoms with van der Waals surface area (Å²) < 4.78 is 0. The van der Waals surface area contributed by atoms with Gasteiger partial charge in [-0.05, 0) is 19.8 Å². The predicted molar refractivity (Wildman–Crippen MR) is 120 cm³/mol. The van der Waals surface area contributed by atoms with Crippen molar-refractivity contribution in [2.75, 3.05) is 26.2 Å². The highest BCUT2D eigenvalue weighted by Gasteiger charge is 2.60. The minimum absolute atomic E-state index is 0.00667. The van der Waals surface area contributed by atoms with Crippen molar-refractivity contribution in [3.63, 3.8) is 0 Å². The van der Waals surface area contributed by atoms with Gasteiger partial charge < -0.3 is 36.4 Å².